The fourth-order valence-electron chi connectivity index (χ4n) is 4.72. The third-order valence-corrected chi connectivity index (χ3v) is 6.26. The molecule has 0 bridgehead atoms. The van der Waals surface area contributed by atoms with Crippen molar-refractivity contribution in [3.8, 4) is 5.75 Å². The highest BCUT2D eigenvalue weighted by Crippen LogP contribution is 2.38. The Morgan fingerprint density at radius 2 is 1.47 bits per heavy atom. The van der Waals surface area contributed by atoms with Crippen molar-refractivity contribution in [3.05, 3.63) is 107 Å². The quantitative estimate of drug-likeness (QED) is 0.454. The summed E-state index contributed by atoms with van der Waals surface area (Å²) in [5.74, 6) is 0.972. The number of carbonyl (C=O) groups is 1. The van der Waals surface area contributed by atoms with E-state index in [0.717, 1.165) is 40.9 Å². The number of rotatable bonds is 5. The Morgan fingerprint density at radius 1 is 0.767 bits per heavy atom. The Labute approximate surface area is 178 Å². The lowest BCUT2D eigenvalue weighted by Crippen LogP contribution is -2.19. The van der Waals surface area contributed by atoms with Gasteiger partial charge in [-0.1, -0.05) is 61.0 Å². The van der Waals surface area contributed by atoms with Gasteiger partial charge in [-0.15, -0.1) is 0 Å². The number of ether oxygens (including phenoxy) is 1. The predicted molar refractivity (Wildman–Crippen MR) is 121 cm³/mol. The summed E-state index contributed by atoms with van der Waals surface area (Å²) in [6, 6.07) is 26.3. The first-order chi connectivity index (χ1) is 14.8. The Hall–Kier alpha value is -3.13. The van der Waals surface area contributed by atoms with E-state index in [-0.39, 0.29) is 5.78 Å². The van der Waals surface area contributed by atoms with Crippen molar-refractivity contribution in [2.24, 2.45) is 0 Å². The van der Waals surface area contributed by atoms with E-state index >= 15 is 0 Å². The van der Waals surface area contributed by atoms with Gasteiger partial charge < -0.3 is 4.74 Å². The third kappa shape index (κ3) is 3.70. The fourth-order valence-corrected chi connectivity index (χ4v) is 4.72. The van der Waals surface area contributed by atoms with E-state index in [1.54, 1.807) is 0 Å². The molecule has 5 rings (SSSR count). The lowest BCUT2D eigenvalue weighted by atomic mass is 9.94. The summed E-state index contributed by atoms with van der Waals surface area (Å²) in [4.78, 5) is 13.5. The van der Waals surface area contributed by atoms with Crippen molar-refractivity contribution >= 4 is 11.4 Å². The van der Waals surface area contributed by atoms with Gasteiger partial charge in [0.15, 0.2) is 5.78 Å². The molecule has 150 valence electrons. The van der Waals surface area contributed by atoms with Crippen molar-refractivity contribution < 1.29 is 9.53 Å². The normalized spacial score (nSPS) is 16.4. The molecule has 3 aromatic rings. The second-order valence-corrected chi connectivity index (χ2v) is 8.28. The molecule has 0 aliphatic heterocycles. The molecular formula is C28H26O2. The summed E-state index contributed by atoms with van der Waals surface area (Å²) in [5, 5.41) is 0. The first-order valence-corrected chi connectivity index (χ1v) is 11.0. The summed E-state index contributed by atoms with van der Waals surface area (Å²) in [7, 11) is 0. The first-order valence-electron chi connectivity index (χ1n) is 11.0. The van der Waals surface area contributed by atoms with Gasteiger partial charge in [-0.3, -0.25) is 4.79 Å². The van der Waals surface area contributed by atoms with Crippen LogP contribution in [-0.4, -0.2) is 11.9 Å². The van der Waals surface area contributed by atoms with Gasteiger partial charge in [-0.05, 0) is 72.2 Å². The fraction of sp³-hybridized carbons (Fsp3) is 0.250. The van der Waals surface area contributed by atoms with Crippen LogP contribution in [0.25, 0.3) is 5.57 Å². The van der Waals surface area contributed by atoms with E-state index < -0.39 is 0 Å². The first kappa shape index (κ1) is 18.9. The van der Waals surface area contributed by atoms with Crippen LogP contribution in [-0.2, 0) is 6.42 Å². The molecule has 2 heteroatoms. The van der Waals surface area contributed by atoms with Gasteiger partial charge in [0.25, 0.3) is 0 Å². The van der Waals surface area contributed by atoms with Crippen molar-refractivity contribution in [1.82, 2.24) is 0 Å². The minimum absolute atomic E-state index is 0.106. The maximum atomic E-state index is 13.5. The van der Waals surface area contributed by atoms with Gasteiger partial charge in [0.05, 0.1) is 6.10 Å². The van der Waals surface area contributed by atoms with Crippen molar-refractivity contribution in [2.75, 3.05) is 0 Å². The molecule has 0 unspecified atom stereocenters. The number of allylic oxidation sites excluding steroid dienone is 1. The van der Waals surface area contributed by atoms with Crippen LogP contribution in [0.2, 0.25) is 0 Å². The number of ketones is 1. The van der Waals surface area contributed by atoms with Crippen LogP contribution in [0.15, 0.2) is 84.4 Å². The Morgan fingerprint density at radius 3 is 2.23 bits per heavy atom. The summed E-state index contributed by atoms with van der Waals surface area (Å²) in [5.41, 5.74) is 6.16. The number of fused-ring (bicyclic) bond motifs is 1. The van der Waals surface area contributed by atoms with Gasteiger partial charge in [-0.25, -0.2) is 0 Å². The Kier molecular flexibility index (Phi) is 5.23. The van der Waals surface area contributed by atoms with E-state index in [9.17, 15) is 4.79 Å². The van der Waals surface area contributed by atoms with E-state index in [1.165, 1.54) is 30.4 Å². The molecule has 0 atom stereocenters. The largest absolute Gasteiger partial charge is 0.490 e. The molecule has 0 saturated heterocycles. The number of hydrogen-bond donors (Lipinski definition) is 0. The van der Waals surface area contributed by atoms with Crippen LogP contribution in [0.5, 0.6) is 5.75 Å². The average Bonchev–Trinajstić information content (AvgIpc) is 3.20. The highest BCUT2D eigenvalue weighted by molar-refractivity contribution is 6.16. The van der Waals surface area contributed by atoms with Gasteiger partial charge in [-0.2, -0.15) is 0 Å². The molecule has 0 spiro atoms. The molecule has 0 amide bonds. The highest BCUT2D eigenvalue weighted by atomic mass is 16.5. The molecule has 1 saturated carbocycles. The number of carbonyl (C=O) groups excluding carboxylic acids is 1. The van der Waals surface area contributed by atoms with E-state index in [2.05, 4.69) is 24.3 Å². The molecule has 0 heterocycles. The monoisotopic (exact) mass is 394 g/mol. The van der Waals surface area contributed by atoms with Crippen LogP contribution in [0.1, 0.15) is 59.2 Å². The van der Waals surface area contributed by atoms with E-state index in [4.69, 9.17) is 4.74 Å². The smallest absolute Gasteiger partial charge is 0.189 e. The summed E-state index contributed by atoms with van der Waals surface area (Å²) >= 11 is 0. The van der Waals surface area contributed by atoms with Crippen molar-refractivity contribution in [3.63, 3.8) is 0 Å². The zero-order chi connectivity index (χ0) is 20.3. The van der Waals surface area contributed by atoms with Crippen LogP contribution in [0.4, 0.5) is 0 Å². The second kappa shape index (κ2) is 8.31. The lowest BCUT2D eigenvalue weighted by molar-refractivity contribution is 0.103. The zero-order valence-electron chi connectivity index (χ0n) is 17.1. The minimum Gasteiger partial charge on any atom is -0.490 e. The molecule has 2 aliphatic carbocycles. The van der Waals surface area contributed by atoms with E-state index in [1.807, 2.05) is 54.6 Å². The number of Topliss-reactive ketones (excluding diaryl/α,β-unsaturated/α-hetero) is 1. The SMILES string of the molecule is O=C(C1=C(c2ccccc2)c2ccccc2C1)c1ccc(OC2CCCCC2)cc1. The van der Waals surface area contributed by atoms with Crippen LogP contribution in [0.3, 0.4) is 0 Å². The van der Waals surface area contributed by atoms with Gasteiger partial charge in [0.2, 0.25) is 0 Å². The standard InChI is InChI=1S/C28H26O2/c29-28(21-15-17-24(18-16-21)30-23-12-5-2-6-13-23)26-19-22-11-7-8-14-25(22)27(26)20-9-3-1-4-10-20/h1,3-4,7-11,14-18,23H,2,5-6,12-13,19H2. The maximum Gasteiger partial charge on any atom is 0.189 e. The molecule has 0 aromatic heterocycles. The molecule has 0 radical (unpaired) electrons. The molecule has 3 aromatic carbocycles. The van der Waals surface area contributed by atoms with Gasteiger partial charge in [0, 0.05) is 17.6 Å². The highest BCUT2D eigenvalue weighted by Gasteiger charge is 2.27. The maximum absolute atomic E-state index is 13.5. The zero-order valence-corrected chi connectivity index (χ0v) is 17.1. The summed E-state index contributed by atoms with van der Waals surface area (Å²) in [6.07, 6.45) is 7.07. The lowest BCUT2D eigenvalue weighted by Gasteiger charge is -2.23. The molecular weight excluding hydrogens is 368 g/mol. The van der Waals surface area contributed by atoms with E-state index in [0.29, 0.717) is 12.5 Å². The molecule has 0 N–H and O–H groups in total. The molecule has 2 aliphatic rings. The summed E-state index contributed by atoms with van der Waals surface area (Å²) < 4.78 is 6.13. The minimum atomic E-state index is 0.106. The molecule has 2 nitrogen and oxygen atoms in total. The number of benzene rings is 3. The van der Waals surface area contributed by atoms with Gasteiger partial charge in [0.1, 0.15) is 5.75 Å². The van der Waals surface area contributed by atoms with Crippen LogP contribution < -0.4 is 4.74 Å². The molecule has 1 fully saturated rings. The average molecular weight is 395 g/mol. The Bertz CT molecular complexity index is 1070. The van der Waals surface area contributed by atoms with Gasteiger partial charge >= 0.3 is 0 Å². The van der Waals surface area contributed by atoms with Crippen LogP contribution in [0, 0.1) is 0 Å². The van der Waals surface area contributed by atoms with Crippen molar-refractivity contribution in [1.29, 1.82) is 0 Å². The number of hydrogen-bond acceptors (Lipinski definition) is 2. The van der Waals surface area contributed by atoms with Crippen molar-refractivity contribution in [2.45, 2.75) is 44.6 Å². The summed E-state index contributed by atoms with van der Waals surface area (Å²) in [6.45, 7) is 0. The second-order valence-electron chi connectivity index (χ2n) is 8.28. The predicted octanol–water partition coefficient (Wildman–Crippen LogP) is 6.64. The molecule has 30 heavy (non-hydrogen) atoms. The Balaban J connectivity index is 1.44. The van der Waals surface area contributed by atoms with Crippen LogP contribution >= 0.6 is 0 Å². The topological polar surface area (TPSA) is 26.3 Å². The third-order valence-electron chi connectivity index (χ3n) is 6.26.